The van der Waals surface area contributed by atoms with Gasteiger partial charge in [0.05, 0.1) is 0 Å². The van der Waals surface area contributed by atoms with Crippen molar-refractivity contribution in [2.24, 2.45) is 0 Å². The molecule has 6 heteroatoms. The Morgan fingerprint density at radius 1 is 0.739 bits per heavy atom. The minimum Gasteiger partial charge on any atom is -0.331 e. The van der Waals surface area contributed by atoms with E-state index in [9.17, 15) is 0 Å². The monoisotopic (exact) mass is 344 g/mol. The van der Waals surface area contributed by atoms with Crippen molar-refractivity contribution in [3.05, 3.63) is 59.2 Å². The highest BCUT2D eigenvalue weighted by Crippen LogP contribution is 2.16. The van der Waals surface area contributed by atoms with E-state index in [0.29, 0.717) is 10.2 Å². The summed E-state index contributed by atoms with van der Waals surface area (Å²) in [6.45, 7) is 6.09. The molecule has 0 aliphatic heterocycles. The van der Waals surface area contributed by atoms with Crippen molar-refractivity contribution < 1.29 is 0 Å². The minimum atomic E-state index is 0.449. The molecule has 0 bridgehead atoms. The van der Waals surface area contributed by atoms with Crippen LogP contribution in [0.25, 0.3) is 0 Å². The molecule has 0 spiro atoms. The van der Waals surface area contributed by atoms with Crippen molar-refractivity contribution in [2.45, 2.75) is 20.8 Å². The largest absolute Gasteiger partial charge is 0.331 e. The molecule has 0 atom stereocenters. The fraction of sp³-hybridized carbons (Fsp3) is 0.176. The molecule has 2 aromatic rings. The molecule has 2 aromatic carbocycles. The number of anilines is 2. The van der Waals surface area contributed by atoms with Gasteiger partial charge in [-0.15, -0.1) is 0 Å². The quantitative estimate of drug-likeness (QED) is 0.491. The molecule has 120 valence electrons. The van der Waals surface area contributed by atoms with Crippen LogP contribution in [0.5, 0.6) is 0 Å². The van der Waals surface area contributed by atoms with E-state index in [1.165, 1.54) is 5.56 Å². The lowest BCUT2D eigenvalue weighted by atomic mass is 10.1. The van der Waals surface area contributed by atoms with Gasteiger partial charge in [0.1, 0.15) is 0 Å². The molecule has 0 fully saturated rings. The normalized spacial score (nSPS) is 9.87. The fourth-order valence-corrected chi connectivity index (χ4v) is 2.33. The zero-order chi connectivity index (χ0) is 16.8. The summed E-state index contributed by atoms with van der Waals surface area (Å²) in [4.78, 5) is 0. The Hall–Kier alpha value is -2.18. The highest BCUT2D eigenvalue weighted by Gasteiger charge is 2.03. The molecule has 0 aliphatic carbocycles. The number of rotatable bonds is 2. The van der Waals surface area contributed by atoms with Crippen molar-refractivity contribution >= 4 is 46.0 Å². The summed E-state index contributed by atoms with van der Waals surface area (Å²) in [5.74, 6) is 0. The molecule has 0 aromatic heterocycles. The summed E-state index contributed by atoms with van der Waals surface area (Å²) in [6, 6.07) is 14.1. The average Bonchev–Trinajstić information content (AvgIpc) is 2.51. The zero-order valence-electron chi connectivity index (χ0n) is 13.4. The molecule has 0 saturated carbocycles. The summed E-state index contributed by atoms with van der Waals surface area (Å²) in [6.07, 6.45) is 0. The summed E-state index contributed by atoms with van der Waals surface area (Å²) in [7, 11) is 0. The maximum atomic E-state index is 5.28. The lowest BCUT2D eigenvalue weighted by Gasteiger charge is -2.16. The van der Waals surface area contributed by atoms with Crippen LogP contribution in [0.1, 0.15) is 16.7 Å². The Bertz CT molecular complexity index is 728. The maximum absolute atomic E-state index is 5.28. The van der Waals surface area contributed by atoms with Crippen molar-refractivity contribution in [1.29, 1.82) is 0 Å². The number of benzene rings is 2. The number of nitrogens with one attached hydrogen (secondary N) is 4. The SMILES string of the molecule is Cc1ccc(C)c(NC(=S)NNC(=S)Nc2ccccc2C)c1. The Labute approximate surface area is 147 Å². The first-order chi connectivity index (χ1) is 11.0. The lowest BCUT2D eigenvalue weighted by Crippen LogP contribution is -2.45. The number of para-hydroxylation sites is 1. The van der Waals surface area contributed by atoms with E-state index in [1.54, 1.807) is 0 Å². The Kier molecular flexibility index (Phi) is 5.90. The van der Waals surface area contributed by atoms with Gasteiger partial charge in [-0.25, -0.2) is 0 Å². The highest BCUT2D eigenvalue weighted by molar-refractivity contribution is 7.81. The van der Waals surface area contributed by atoms with Gasteiger partial charge in [-0.2, -0.15) is 0 Å². The van der Waals surface area contributed by atoms with Gasteiger partial charge in [-0.05, 0) is 74.0 Å². The first-order valence-electron chi connectivity index (χ1n) is 7.22. The van der Waals surface area contributed by atoms with Crippen molar-refractivity contribution in [2.75, 3.05) is 10.6 Å². The molecule has 4 N–H and O–H groups in total. The summed E-state index contributed by atoms with van der Waals surface area (Å²) < 4.78 is 0. The smallest absolute Gasteiger partial charge is 0.189 e. The van der Waals surface area contributed by atoms with Gasteiger partial charge in [-0.1, -0.05) is 30.3 Å². The van der Waals surface area contributed by atoms with E-state index in [4.69, 9.17) is 24.4 Å². The summed E-state index contributed by atoms with van der Waals surface area (Å²) >= 11 is 10.5. The van der Waals surface area contributed by atoms with E-state index in [1.807, 2.05) is 51.1 Å². The van der Waals surface area contributed by atoms with Crippen LogP contribution in [0, 0.1) is 20.8 Å². The van der Waals surface area contributed by atoms with Crippen LogP contribution in [-0.2, 0) is 0 Å². The molecule has 0 amide bonds. The second-order valence-electron chi connectivity index (χ2n) is 5.29. The van der Waals surface area contributed by atoms with E-state index in [-0.39, 0.29) is 0 Å². The van der Waals surface area contributed by atoms with Gasteiger partial charge in [0.15, 0.2) is 10.2 Å². The van der Waals surface area contributed by atoms with Crippen LogP contribution in [0.4, 0.5) is 11.4 Å². The summed E-state index contributed by atoms with van der Waals surface area (Å²) in [5.41, 5.74) is 11.1. The minimum absolute atomic E-state index is 0.449. The van der Waals surface area contributed by atoms with Crippen LogP contribution in [-0.4, -0.2) is 10.2 Å². The van der Waals surface area contributed by atoms with Crippen LogP contribution < -0.4 is 21.5 Å². The van der Waals surface area contributed by atoms with E-state index in [0.717, 1.165) is 22.5 Å². The Morgan fingerprint density at radius 3 is 1.96 bits per heavy atom. The molecule has 0 aliphatic rings. The van der Waals surface area contributed by atoms with Crippen LogP contribution >= 0.6 is 24.4 Å². The highest BCUT2D eigenvalue weighted by atomic mass is 32.1. The third kappa shape index (κ3) is 5.19. The van der Waals surface area contributed by atoms with E-state index >= 15 is 0 Å². The topological polar surface area (TPSA) is 48.1 Å². The van der Waals surface area contributed by atoms with Crippen molar-refractivity contribution in [3.8, 4) is 0 Å². The lowest BCUT2D eigenvalue weighted by molar-refractivity contribution is 0.885. The molecule has 0 saturated heterocycles. The number of aryl methyl sites for hydroxylation is 3. The number of thiocarbonyl (C=S) groups is 2. The number of hydrogen-bond acceptors (Lipinski definition) is 2. The Morgan fingerprint density at radius 2 is 1.30 bits per heavy atom. The standard InChI is InChI=1S/C17H20N4S2/c1-11-8-9-13(3)15(10-11)19-17(23)21-20-16(22)18-14-7-5-4-6-12(14)2/h4-10H,1-3H3,(H2,18,20,22)(H2,19,21,23). The first-order valence-corrected chi connectivity index (χ1v) is 8.04. The molecular formula is C17H20N4S2. The zero-order valence-corrected chi connectivity index (χ0v) is 15.0. The Balaban J connectivity index is 1.85. The predicted molar refractivity (Wildman–Crippen MR) is 106 cm³/mol. The summed E-state index contributed by atoms with van der Waals surface area (Å²) in [5, 5.41) is 7.17. The van der Waals surface area contributed by atoms with Gasteiger partial charge in [-0.3, -0.25) is 10.9 Å². The van der Waals surface area contributed by atoms with Gasteiger partial charge in [0.25, 0.3) is 0 Å². The van der Waals surface area contributed by atoms with Gasteiger partial charge in [0, 0.05) is 11.4 Å². The second-order valence-corrected chi connectivity index (χ2v) is 6.11. The van der Waals surface area contributed by atoms with Gasteiger partial charge in [0.2, 0.25) is 0 Å². The third-order valence-electron chi connectivity index (χ3n) is 3.32. The molecule has 23 heavy (non-hydrogen) atoms. The molecule has 0 unspecified atom stereocenters. The van der Waals surface area contributed by atoms with Crippen molar-refractivity contribution in [1.82, 2.24) is 10.9 Å². The van der Waals surface area contributed by atoms with Gasteiger partial charge >= 0.3 is 0 Å². The molecule has 2 rings (SSSR count). The van der Waals surface area contributed by atoms with Crippen LogP contribution in [0.3, 0.4) is 0 Å². The van der Waals surface area contributed by atoms with Crippen LogP contribution in [0.2, 0.25) is 0 Å². The van der Waals surface area contributed by atoms with Gasteiger partial charge < -0.3 is 10.6 Å². The molecule has 0 radical (unpaired) electrons. The molecular weight excluding hydrogens is 324 g/mol. The first kappa shape index (κ1) is 17.2. The molecule has 4 nitrogen and oxygen atoms in total. The third-order valence-corrected chi connectivity index (χ3v) is 3.73. The fourth-order valence-electron chi connectivity index (χ4n) is 2.00. The maximum Gasteiger partial charge on any atom is 0.189 e. The van der Waals surface area contributed by atoms with E-state index < -0.39 is 0 Å². The van der Waals surface area contributed by atoms with Crippen molar-refractivity contribution in [3.63, 3.8) is 0 Å². The second kappa shape index (κ2) is 7.89. The predicted octanol–water partition coefficient (Wildman–Crippen LogP) is 3.80. The average molecular weight is 345 g/mol. The van der Waals surface area contributed by atoms with E-state index in [2.05, 4.69) is 33.6 Å². The number of hydrazine groups is 1. The molecule has 0 heterocycles. The number of hydrogen-bond donors (Lipinski definition) is 4. The van der Waals surface area contributed by atoms with Crippen LogP contribution in [0.15, 0.2) is 42.5 Å².